The zero-order valence-electron chi connectivity index (χ0n) is 11.2. The van der Waals surface area contributed by atoms with E-state index in [4.69, 9.17) is 21.1 Å². The Balaban J connectivity index is 2.22. The summed E-state index contributed by atoms with van der Waals surface area (Å²) in [4.78, 5) is 26.3. The molecule has 0 aliphatic heterocycles. The summed E-state index contributed by atoms with van der Waals surface area (Å²) in [6.45, 7) is 2.02. The molecule has 1 aromatic carbocycles. The molecule has 6 heteroatoms. The number of pyridine rings is 1. The molecule has 0 amide bonds. The molecule has 1 heterocycles. The van der Waals surface area contributed by atoms with E-state index >= 15 is 0 Å². The Morgan fingerprint density at radius 2 is 2.14 bits per heavy atom. The van der Waals surface area contributed by atoms with E-state index < -0.39 is 5.97 Å². The van der Waals surface area contributed by atoms with Crippen LogP contribution in [0.15, 0.2) is 36.5 Å². The average molecular weight is 306 g/mol. The number of nitrogens with zero attached hydrogens (tertiary/aromatic N) is 1. The van der Waals surface area contributed by atoms with Gasteiger partial charge in [-0.1, -0.05) is 11.6 Å². The fourth-order valence-electron chi connectivity index (χ4n) is 1.59. The average Bonchev–Trinajstić information content (AvgIpc) is 2.50. The Morgan fingerprint density at radius 1 is 1.33 bits per heavy atom. The van der Waals surface area contributed by atoms with E-state index in [1.54, 1.807) is 19.1 Å². The second kappa shape index (κ2) is 6.85. The number of aromatic nitrogens is 1. The molecule has 0 aliphatic rings. The van der Waals surface area contributed by atoms with Gasteiger partial charge in [-0.3, -0.25) is 4.79 Å². The van der Waals surface area contributed by atoms with E-state index in [9.17, 15) is 9.59 Å². The summed E-state index contributed by atoms with van der Waals surface area (Å²) in [5.74, 6) is 0.101. The molecule has 2 aromatic rings. The van der Waals surface area contributed by atoms with Crippen LogP contribution in [-0.4, -0.2) is 23.8 Å². The molecule has 0 N–H and O–H groups in total. The van der Waals surface area contributed by atoms with Gasteiger partial charge >= 0.3 is 5.97 Å². The summed E-state index contributed by atoms with van der Waals surface area (Å²) in [5.41, 5.74) is 0.781. The van der Waals surface area contributed by atoms with Crippen LogP contribution in [0.4, 0.5) is 0 Å². The third kappa shape index (κ3) is 3.79. The molecule has 0 unspecified atom stereocenters. The molecule has 21 heavy (non-hydrogen) atoms. The van der Waals surface area contributed by atoms with Crippen molar-refractivity contribution in [3.8, 4) is 11.6 Å². The van der Waals surface area contributed by atoms with Gasteiger partial charge in [-0.2, -0.15) is 0 Å². The van der Waals surface area contributed by atoms with Crippen LogP contribution in [0.25, 0.3) is 0 Å². The van der Waals surface area contributed by atoms with Gasteiger partial charge in [0.15, 0.2) is 0 Å². The first-order valence-electron chi connectivity index (χ1n) is 6.19. The van der Waals surface area contributed by atoms with Gasteiger partial charge in [0.1, 0.15) is 12.0 Å². The number of halogens is 1. The van der Waals surface area contributed by atoms with Crippen LogP contribution in [0.2, 0.25) is 5.02 Å². The number of aldehydes is 1. The standard InChI is InChI=1S/C15H12ClNO4/c1-2-20-15(19)11-5-6-17-14(8-11)21-13-4-3-10(9-18)7-12(13)16/h3-9H,2H2,1H3. The van der Waals surface area contributed by atoms with Gasteiger partial charge in [-0.05, 0) is 31.2 Å². The lowest BCUT2D eigenvalue weighted by molar-refractivity contribution is 0.0525. The summed E-state index contributed by atoms with van der Waals surface area (Å²) in [7, 11) is 0. The van der Waals surface area contributed by atoms with Crippen molar-refractivity contribution >= 4 is 23.9 Å². The normalized spacial score (nSPS) is 10.0. The number of benzene rings is 1. The number of hydrogen-bond donors (Lipinski definition) is 0. The SMILES string of the molecule is CCOC(=O)c1ccnc(Oc2ccc(C=O)cc2Cl)c1. The Bertz CT molecular complexity index is 672. The van der Waals surface area contributed by atoms with Gasteiger partial charge in [-0.15, -0.1) is 0 Å². The first-order valence-corrected chi connectivity index (χ1v) is 6.57. The quantitative estimate of drug-likeness (QED) is 0.624. The Labute approximate surface area is 126 Å². The molecule has 0 saturated heterocycles. The second-order valence-electron chi connectivity index (χ2n) is 4.01. The fourth-order valence-corrected chi connectivity index (χ4v) is 1.82. The number of carbonyl (C=O) groups excluding carboxylic acids is 2. The predicted octanol–water partition coefficient (Wildman–Crippen LogP) is 3.52. The lowest BCUT2D eigenvalue weighted by Crippen LogP contribution is -2.05. The smallest absolute Gasteiger partial charge is 0.338 e. The highest BCUT2D eigenvalue weighted by Crippen LogP contribution is 2.29. The molecule has 1 aromatic heterocycles. The lowest BCUT2D eigenvalue weighted by Gasteiger charge is -2.08. The molecular weight excluding hydrogens is 294 g/mol. The van der Waals surface area contributed by atoms with E-state index in [1.165, 1.54) is 24.4 Å². The molecule has 0 spiro atoms. The van der Waals surface area contributed by atoms with Crippen LogP contribution in [0, 0.1) is 0 Å². The van der Waals surface area contributed by atoms with Crippen LogP contribution in [0.5, 0.6) is 11.6 Å². The van der Waals surface area contributed by atoms with Gasteiger partial charge < -0.3 is 9.47 Å². The number of carbonyl (C=O) groups is 2. The van der Waals surface area contributed by atoms with Crippen LogP contribution >= 0.6 is 11.6 Å². The maximum atomic E-state index is 11.6. The minimum Gasteiger partial charge on any atom is -0.462 e. The van der Waals surface area contributed by atoms with Crippen molar-refractivity contribution in [1.82, 2.24) is 4.98 Å². The summed E-state index contributed by atoms with van der Waals surface area (Å²) in [6.07, 6.45) is 2.13. The highest BCUT2D eigenvalue weighted by molar-refractivity contribution is 6.32. The van der Waals surface area contributed by atoms with Crippen molar-refractivity contribution in [1.29, 1.82) is 0 Å². The number of hydrogen-bond acceptors (Lipinski definition) is 5. The van der Waals surface area contributed by atoms with Crippen molar-refractivity contribution in [2.24, 2.45) is 0 Å². The van der Waals surface area contributed by atoms with Crippen molar-refractivity contribution in [3.63, 3.8) is 0 Å². The largest absolute Gasteiger partial charge is 0.462 e. The topological polar surface area (TPSA) is 65.5 Å². The van der Waals surface area contributed by atoms with E-state index in [-0.39, 0.29) is 17.5 Å². The predicted molar refractivity (Wildman–Crippen MR) is 77.1 cm³/mol. The van der Waals surface area contributed by atoms with Gasteiger partial charge in [0.05, 0.1) is 17.2 Å². The Hall–Kier alpha value is -2.40. The highest BCUT2D eigenvalue weighted by atomic mass is 35.5. The minimum atomic E-state index is -0.452. The third-order valence-corrected chi connectivity index (χ3v) is 2.85. The van der Waals surface area contributed by atoms with Gasteiger partial charge in [0.2, 0.25) is 5.88 Å². The summed E-state index contributed by atoms with van der Waals surface area (Å²) in [6, 6.07) is 7.61. The summed E-state index contributed by atoms with van der Waals surface area (Å²) < 4.78 is 10.4. The molecule has 2 rings (SSSR count). The second-order valence-corrected chi connectivity index (χ2v) is 4.42. The first-order chi connectivity index (χ1) is 10.1. The Morgan fingerprint density at radius 3 is 2.81 bits per heavy atom. The molecule has 0 aliphatic carbocycles. The van der Waals surface area contributed by atoms with Gasteiger partial charge in [0.25, 0.3) is 0 Å². The van der Waals surface area contributed by atoms with Crippen molar-refractivity contribution in [3.05, 3.63) is 52.7 Å². The molecule has 108 valence electrons. The Kier molecular flexibility index (Phi) is 4.90. The monoisotopic (exact) mass is 305 g/mol. The molecule has 0 bridgehead atoms. The van der Waals surface area contributed by atoms with Crippen LogP contribution in [0.1, 0.15) is 27.6 Å². The lowest BCUT2D eigenvalue weighted by atomic mass is 10.2. The van der Waals surface area contributed by atoms with Gasteiger partial charge in [-0.25, -0.2) is 9.78 Å². The third-order valence-electron chi connectivity index (χ3n) is 2.55. The maximum Gasteiger partial charge on any atom is 0.338 e. The van der Waals surface area contributed by atoms with Crippen molar-refractivity contribution in [2.45, 2.75) is 6.92 Å². The number of rotatable bonds is 5. The van der Waals surface area contributed by atoms with Crippen molar-refractivity contribution < 1.29 is 19.1 Å². The molecule has 0 radical (unpaired) electrons. The minimum absolute atomic E-state index is 0.210. The van der Waals surface area contributed by atoms with E-state index in [1.807, 2.05) is 0 Å². The summed E-state index contributed by atoms with van der Waals surface area (Å²) in [5, 5.41) is 0.280. The number of ether oxygens (including phenoxy) is 2. The van der Waals surface area contributed by atoms with Gasteiger partial charge in [0, 0.05) is 17.8 Å². The first kappa shape index (κ1) is 15.0. The summed E-state index contributed by atoms with van der Waals surface area (Å²) >= 11 is 6.01. The van der Waals surface area contributed by atoms with E-state index in [0.717, 1.165) is 0 Å². The zero-order chi connectivity index (χ0) is 15.2. The van der Waals surface area contributed by atoms with Crippen molar-refractivity contribution in [2.75, 3.05) is 6.61 Å². The zero-order valence-corrected chi connectivity index (χ0v) is 12.0. The van der Waals surface area contributed by atoms with Crippen LogP contribution in [-0.2, 0) is 4.74 Å². The molecule has 5 nitrogen and oxygen atoms in total. The molecule has 0 saturated carbocycles. The molecule has 0 fully saturated rings. The van der Waals surface area contributed by atoms with E-state index in [2.05, 4.69) is 4.98 Å². The maximum absolute atomic E-state index is 11.6. The highest BCUT2D eigenvalue weighted by Gasteiger charge is 2.10. The van der Waals surface area contributed by atoms with Crippen LogP contribution < -0.4 is 4.74 Å². The fraction of sp³-hybridized carbons (Fsp3) is 0.133. The molecular formula is C15H12ClNO4. The van der Waals surface area contributed by atoms with Crippen LogP contribution in [0.3, 0.4) is 0 Å². The molecule has 0 atom stereocenters. The number of esters is 1. The van der Waals surface area contributed by atoms with E-state index in [0.29, 0.717) is 23.2 Å².